The maximum absolute atomic E-state index is 12.1. The van der Waals surface area contributed by atoms with Crippen molar-refractivity contribution in [2.75, 3.05) is 0 Å². The molecule has 1 aromatic heterocycles. The van der Waals surface area contributed by atoms with Gasteiger partial charge in [0.2, 0.25) is 5.43 Å². The fraction of sp³-hybridized carbons (Fsp3) is 0.643. The Morgan fingerprint density at radius 2 is 2.15 bits per heavy atom. The summed E-state index contributed by atoms with van der Waals surface area (Å²) < 4.78 is 10.9. The first kappa shape index (κ1) is 13.3. The zero-order chi connectivity index (χ0) is 14.1. The summed E-state index contributed by atoms with van der Waals surface area (Å²) in [6, 6.07) is 1.45. The van der Waals surface area contributed by atoms with Crippen LogP contribution in [-0.4, -0.2) is 28.4 Å². The number of fused-ring (bicyclic) bond motifs is 2. The molecule has 2 aliphatic heterocycles. The zero-order valence-electron chi connectivity index (χ0n) is 11.4. The van der Waals surface area contributed by atoms with Crippen LogP contribution < -0.4 is 5.43 Å². The van der Waals surface area contributed by atoms with Gasteiger partial charge < -0.3 is 9.47 Å². The van der Waals surface area contributed by atoms with Crippen LogP contribution in [-0.2, 0) is 20.9 Å². The fourth-order valence-electron chi connectivity index (χ4n) is 2.93. The Morgan fingerprint density at radius 1 is 1.45 bits per heavy atom. The SMILES string of the molecule is Cc1cc(=O)c(COC(=O)C2C[C@H]3CC[C@@H](C2)O3)n[nH]1. The molecule has 1 aromatic rings. The summed E-state index contributed by atoms with van der Waals surface area (Å²) in [4.78, 5) is 23.7. The third kappa shape index (κ3) is 2.75. The molecule has 3 heterocycles. The number of hydrogen-bond acceptors (Lipinski definition) is 5. The Hall–Kier alpha value is -1.69. The molecule has 0 aliphatic carbocycles. The number of aromatic nitrogens is 2. The van der Waals surface area contributed by atoms with Crippen molar-refractivity contribution in [1.82, 2.24) is 10.2 Å². The fourth-order valence-corrected chi connectivity index (χ4v) is 2.93. The standard InChI is InChI=1S/C14H18N2O4/c1-8-4-13(17)12(16-15-8)7-19-14(18)9-5-10-2-3-11(6-9)20-10/h4,9-11H,2-3,5-7H2,1H3,(H,15,17)/t9?,10-,11+. The van der Waals surface area contributed by atoms with E-state index in [1.165, 1.54) is 6.07 Å². The van der Waals surface area contributed by atoms with Crippen molar-refractivity contribution in [2.45, 2.75) is 51.4 Å². The molecule has 6 nitrogen and oxygen atoms in total. The minimum atomic E-state index is -0.244. The smallest absolute Gasteiger partial charge is 0.309 e. The van der Waals surface area contributed by atoms with Crippen LogP contribution in [0.3, 0.4) is 0 Å². The van der Waals surface area contributed by atoms with Gasteiger partial charge in [0.25, 0.3) is 0 Å². The van der Waals surface area contributed by atoms with Gasteiger partial charge in [-0.25, -0.2) is 0 Å². The van der Waals surface area contributed by atoms with Gasteiger partial charge in [-0.3, -0.25) is 14.7 Å². The molecule has 1 unspecified atom stereocenters. The van der Waals surface area contributed by atoms with Crippen LogP contribution in [0, 0.1) is 12.8 Å². The van der Waals surface area contributed by atoms with E-state index in [-0.39, 0.29) is 41.8 Å². The van der Waals surface area contributed by atoms with E-state index < -0.39 is 0 Å². The van der Waals surface area contributed by atoms with E-state index in [9.17, 15) is 9.59 Å². The number of rotatable bonds is 3. The van der Waals surface area contributed by atoms with Gasteiger partial charge in [-0.15, -0.1) is 0 Å². The summed E-state index contributed by atoms with van der Waals surface area (Å²) in [5.74, 6) is -0.349. The number of esters is 1. The number of hydrogen-bond donors (Lipinski definition) is 1. The van der Waals surface area contributed by atoms with Gasteiger partial charge in [-0.2, -0.15) is 5.10 Å². The molecule has 108 valence electrons. The van der Waals surface area contributed by atoms with Gasteiger partial charge in [0.15, 0.2) is 0 Å². The second-order valence-electron chi connectivity index (χ2n) is 5.60. The van der Waals surface area contributed by atoms with Gasteiger partial charge in [-0.1, -0.05) is 0 Å². The number of nitrogens with one attached hydrogen (secondary N) is 1. The molecule has 0 amide bonds. The maximum atomic E-state index is 12.1. The van der Waals surface area contributed by atoms with Crippen molar-refractivity contribution in [3.05, 3.63) is 27.7 Å². The number of carbonyl (C=O) groups is 1. The third-order valence-corrected chi connectivity index (χ3v) is 3.97. The van der Waals surface area contributed by atoms with E-state index in [0.717, 1.165) is 25.7 Å². The van der Waals surface area contributed by atoms with E-state index in [0.29, 0.717) is 5.69 Å². The lowest BCUT2D eigenvalue weighted by Gasteiger charge is -2.26. The third-order valence-electron chi connectivity index (χ3n) is 3.97. The summed E-state index contributed by atoms with van der Waals surface area (Å²) >= 11 is 0. The summed E-state index contributed by atoms with van der Waals surface area (Å²) in [5, 5.41) is 6.60. The summed E-state index contributed by atoms with van der Waals surface area (Å²) in [6.45, 7) is 1.68. The molecule has 2 fully saturated rings. The number of aromatic amines is 1. The van der Waals surface area contributed by atoms with E-state index in [1.54, 1.807) is 6.92 Å². The Labute approximate surface area is 116 Å². The van der Waals surface area contributed by atoms with Gasteiger partial charge in [-0.05, 0) is 32.6 Å². The van der Waals surface area contributed by atoms with Crippen LogP contribution in [0.25, 0.3) is 0 Å². The van der Waals surface area contributed by atoms with Crippen LogP contribution in [0.4, 0.5) is 0 Å². The number of ether oxygens (including phenoxy) is 2. The largest absolute Gasteiger partial charge is 0.459 e. The molecule has 20 heavy (non-hydrogen) atoms. The first-order chi connectivity index (χ1) is 9.61. The number of nitrogens with zero attached hydrogens (tertiary/aromatic N) is 1. The van der Waals surface area contributed by atoms with Gasteiger partial charge in [0, 0.05) is 11.8 Å². The molecule has 1 N–H and O–H groups in total. The van der Waals surface area contributed by atoms with E-state index in [2.05, 4.69) is 10.2 Å². The number of carbonyl (C=O) groups excluding carboxylic acids is 1. The van der Waals surface area contributed by atoms with E-state index >= 15 is 0 Å². The predicted octanol–water partition coefficient (Wildman–Crippen LogP) is 1.08. The lowest BCUT2D eigenvalue weighted by atomic mass is 9.96. The van der Waals surface area contributed by atoms with Crippen LogP contribution in [0.1, 0.15) is 37.1 Å². The average molecular weight is 278 g/mol. The normalized spacial score (nSPS) is 28.4. The first-order valence-corrected chi connectivity index (χ1v) is 6.99. The van der Waals surface area contributed by atoms with Crippen molar-refractivity contribution in [3.8, 4) is 0 Å². The number of aryl methyl sites for hydroxylation is 1. The molecule has 2 aliphatic rings. The molecule has 0 aromatic carbocycles. The lowest BCUT2D eigenvalue weighted by Crippen LogP contribution is -2.31. The predicted molar refractivity (Wildman–Crippen MR) is 70.0 cm³/mol. The maximum Gasteiger partial charge on any atom is 0.309 e. The Balaban J connectivity index is 1.58. The van der Waals surface area contributed by atoms with Crippen LogP contribution in [0.15, 0.2) is 10.9 Å². The second kappa shape index (κ2) is 5.36. The highest BCUT2D eigenvalue weighted by atomic mass is 16.5. The zero-order valence-corrected chi connectivity index (χ0v) is 11.4. The second-order valence-corrected chi connectivity index (χ2v) is 5.60. The highest BCUT2D eigenvalue weighted by Gasteiger charge is 2.38. The molecule has 6 heteroatoms. The summed E-state index contributed by atoms with van der Waals surface area (Å²) in [5.41, 5.74) is 0.714. The Kier molecular flexibility index (Phi) is 3.56. The van der Waals surface area contributed by atoms with Crippen molar-refractivity contribution in [2.24, 2.45) is 5.92 Å². The van der Waals surface area contributed by atoms with E-state index in [1.807, 2.05) is 0 Å². The first-order valence-electron chi connectivity index (χ1n) is 6.99. The van der Waals surface area contributed by atoms with Crippen molar-refractivity contribution >= 4 is 5.97 Å². The van der Waals surface area contributed by atoms with Crippen molar-refractivity contribution in [3.63, 3.8) is 0 Å². The molecule has 0 spiro atoms. The highest BCUT2D eigenvalue weighted by Crippen LogP contribution is 2.36. The summed E-state index contributed by atoms with van der Waals surface area (Å²) in [7, 11) is 0. The monoisotopic (exact) mass is 278 g/mol. The van der Waals surface area contributed by atoms with Gasteiger partial charge in [0.05, 0.1) is 18.1 Å². The Bertz CT molecular complexity index is 557. The lowest BCUT2D eigenvalue weighted by molar-refractivity contribution is -0.156. The summed E-state index contributed by atoms with van der Waals surface area (Å²) in [6.07, 6.45) is 3.93. The topological polar surface area (TPSA) is 81.3 Å². The minimum Gasteiger partial charge on any atom is -0.459 e. The van der Waals surface area contributed by atoms with Gasteiger partial charge in [0.1, 0.15) is 12.3 Å². The highest BCUT2D eigenvalue weighted by molar-refractivity contribution is 5.72. The molecule has 2 saturated heterocycles. The molecular formula is C14H18N2O4. The molecular weight excluding hydrogens is 260 g/mol. The van der Waals surface area contributed by atoms with E-state index in [4.69, 9.17) is 9.47 Å². The van der Waals surface area contributed by atoms with Gasteiger partial charge >= 0.3 is 5.97 Å². The average Bonchev–Trinajstić information content (AvgIpc) is 2.76. The molecule has 0 saturated carbocycles. The minimum absolute atomic E-state index is 0.0683. The van der Waals surface area contributed by atoms with Crippen LogP contribution in [0.2, 0.25) is 0 Å². The molecule has 3 atom stereocenters. The van der Waals surface area contributed by atoms with Crippen LogP contribution >= 0.6 is 0 Å². The molecule has 2 bridgehead atoms. The Morgan fingerprint density at radius 3 is 2.80 bits per heavy atom. The van der Waals surface area contributed by atoms with Crippen LogP contribution in [0.5, 0.6) is 0 Å². The number of H-pyrrole nitrogens is 1. The molecule has 0 radical (unpaired) electrons. The van der Waals surface area contributed by atoms with Crippen molar-refractivity contribution < 1.29 is 14.3 Å². The van der Waals surface area contributed by atoms with Crippen molar-refractivity contribution in [1.29, 1.82) is 0 Å². The quantitative estimate of drug-likeness (QED) is 0.837. The molecule has 3 rings (SSSR count).